The molecule has 3 rings (SSSR count). The number of carbonyl (C=O) groups excluding carboxylic acids is 1. The normalized spacial score (nSPS) is 14.0. The molecular weight excluding hydrogens is 342 g/mol. The molecule has 0 unspecified atom stereocenters. The molecule has 1 fully saturated rings. The van der Waals surface area contributed by atoms with Crippen LogP contribution in [0.15, 0.2) is 48.5 Å². The van der Waals surface area contributed by atoms with Crippen molar-refractivity contribution in [3.8, 4) is 11.5 Å². The molecule has 1 heterocycles. The zero-order chi connectivity index (χ0) is 19.1. The van der Waals surface area contributed by atoms with Crippen LogP contribution in [0.5, 0.6) is 11.5 Å². The van der Waals surface area contributed by atoms with Gasteiger partial charge in [-0.2, -0.15) is 0 Å². The molecule has 27 heavy (non-hydrogen) atoms. The summed E-state index contributed by atoms with van der Waals surface area (Å²) in [5.41, 5.74) is 2.22. The summed E-state index contributed by atoms with van der Waals surface area (Å²) < 4.78 is 10.6. The second-order valence-corrected chi connectivity index (χ2v) is 6.41. The van der Waals surface area contributed by atoms with Gasteiger partial charge < -0.3 is 24.6 Å². The lowest BCUT2D eigenvalue weighted by Gasteiger charge is -2.36. The van der Waals surface area contributed by atoms with E-state index in [0.29, 0.717) is 26.2 Å². The van der Waals surface area contributed by atoms with E-state index < -0.39 is 0 Å². The van der Waals surface area contributed by atoms with E-state index >= 15 is 0 Å². The van der Waals surface area contributed by atoms with Crippen molar-refractivity contribution in [1.82, 2.24) is 10.2 Å². The predicted octanol–water partition coefficient (Wildman–Crippen LogP) is 3.13. The summed E-state index contributed by atoms with van der Waals surface area (Å²) in [6, 6.07) is 15.8. The van der Waals surface area contributed by atoms with E-state index in [4.69, 9.17) is 9.47 Å². The van der Waals surface area contributed by atoms with Gasteiger partial charge in [-0.25, -0.2) is 4.79 Å². The molecule has 2 amide bonds. The predicted molar refractivity (Wildman–Crippen MR) is 107 cm³/mol. The number of nitrogens with one attached hydrogen (secondary N) is 1. The Kier molecular flexibility index (Phi) is 6.41. The topological polar surface area (TPSA) is 54.0 Å². The fourth-order valence-electron chi connectivity index (χ4n) is 3.12. The maximum Gasteiger partial charge on any atom is 0.317 e. The fourth-order valence-corrected chi connectivity index (χ4v) is 3.12. The lowest BCUT2D eigenvalue weighted by atomic mass is 10.2. The highest BCUT2D eigenvalue weighted by molar-refractivity contribution is 5.74. The van der Waals surface area contributed by atoms with Gasteiger partial charge in [-0.15, -0.1) is 0 Å². The van der Waals surface area contributed by atoms with Crippen molar-refractivity contribution in [2.24, 2.45) is 0 Å². The average molecular weight is 369 g/mol. The number of rotatable bonds is 6. The highest BCUT2D eigenvalue weighted by atomic mass is 16.5. The van der Waals surface area contributed by atoms with E-state index in [1.165, 1.54) is 0 Å². The van der Waals surface area contributed by atoms with Crippen molar-refractivity contribution in [3.05, 3.63) is 54.1 Å². The standard InChI is InChI=1S/C21H27N3O3/c1-3-27-20-10-6-18(7-11-20)23-12-14-24(15-13-23)21(25)22-16-17-4-8-19(26-2)9-5-17/h4-11H,3,12-16H2,1-2H3,(H,22,25). The molecule has 6 heteroatoms. The summed E-state index contributed by atoms with van der Waals surface area (Å²) in [7, 11) is 1.64. The smallest absolute Gasteiger partial charge is 0.317 e. The van der Waals surface area contributed by atoms with Crippen molar-refractivity contribution < 1.29 is 14.3 Å². The highest BCUT2D eigenvalue weighted by Gasteiger charge is 2.21. The third-order valence-electron chi connectivity index (χ3n) is 4.68. The quantitative estimate of drug-likeness (QED) is 0.850. The van der Waals surface area contributed by atoms with Gasteiger partial charge in [0.2, 0.25) is 0 Å². The molecule has 0 radical (unpaired) electrons. The van der Waals surface area contributed by atoms with Gasteiger partial charge in [0.05, 0.1) is 13.7 Å². The van der Waals surface area contributed by atoms with Crippen LogP contribution in [0.2, 0.25) is 0 Å². The second kappa shape index (κ2) is 9.16. The van der Waals surface area contributed by atoms with E-state index in [9.17, 15) is 4.79 Å². The number of urea groups is 1. The minimum Gasteiger partial charge on any atom is -0.497 e. The maximum absolute atomic E-state index is 12.4. The van der Waals surface area contributed by atoms with Gasteiger partial charge in [-0.1, -0.05) is 12.1 Å². The molecule has 0 bridgehead atoms. The Balaban J connectivity index is 1.45. The maximum atomic E-state index is 12.4. The van der Waals surface area contributed by atoms with Crippen LogP contribution in [0, 0.1) is 0 Å². The Labute approximate surface area is 160 Å². The number of nitrogens with zero attached hydrogens (tertiary/aromatic N) is 2. The molecule has 2 aromatic carbocycles. The monoisotopic (exact) mass is 369 g/mol. The number of benzene rings is 2. The van der Waals surface area contributed by atoms with Crippen LogP contribution in [0.3, 0.4) is 0 Å². The van der Waals surface area contributed by atoms with E-state index in [2.05, 4.69) is 22.3 Å². The lowest BCUT2D eigenvalue weighted by Crippen LogP contribution is -2.51. The number of methoxy groups -OCH3 is 1. The van der Waals surface area contributed by atoms with Crippen LogP contribution in [0.1, 0.15) is 12.5 Å². The molecule has 0 saturated carbocycles. The summed E-state index contributed by atoms with van der Waals surface area (Å²) in [4.78, 5) is 16.6. The van der Waals surface area contributed by atoms with Crippen molar-refractivity contribution in [1.29, 1.82) is 0 Å². The highest BCUT2D eigenvalue weighted by Crippen LogP contribution is 2.21. The molecule has 144 valence electrons. The molecule has 0 aliphatic carbocycles. The molecule has 6 nitrogen and oxygen atoms in total. The molecule has 1 aliphatic heterocycles. The number of amides is 2. The molecule has 1 N–H and O–H groups in total. The number of hydrogen-bond donors (Lipinski definition) is 1. The number of hydrogen-bond acceptors (Lipinski definition) is 4. The molecule has 2 aromatic rings. The molecule has 0 spiro atoms. The van der Waals surface area contributed by atoms with Gasteiger partial charge in [-0.05, 0) is 48.9 Å². The third-order valence-corrected chi connectivity index (χ3v) is 4.68. The van der Waals surface area contributed by atoms with Crippen LogP contribution in [-0.4, -0.2) is 50.8 Å². The first-order valence-corrected chi connectivity index (χ1v) is 9.33. The van der Waals surface area contributed by atoms with Crippen LogP contribution >= 0.6 is 0 Å². The van der Waals surface area contributed by atoms with Gasteiger partial charge >= 0.3 is 6.03 Å². The molecular formula is C21H27N3O3. The van der Waals surface area contributed by atoms with Crippen LogP contribution in [0.4, 0.5) is 10.5 Å². The lowest BCUT2D eigenvalue weighted by molar-refractivity contribution is 0.194. The van der Waals surface area contributed by atoms with Crippen molar-refractivity contribution in [2.75, 3.05) is 44.8 Å². The van der Waals surface area contributed by atoms with Crippen LogP contribution in [0.25, 0.3) is 0 Å². The fraction of sp³-hybridized carbons (Fsp3) is 0.381. The summed E-state index contributed by atoms with van der Waals surface area (Å²) >= 11 is 0. The second-order valence-electron chi connectivity index (χ2n) is 6.41. The van der Waals surface area contributed by atoms with Gasteiger partial charge in [0.1, 0.15) is 11.5 Å². The molecule has 1 saturated heterocycles. The summed E-state index contributed by atoms with van der Waals surface area (Å²) in [6.45, 7) is 6.23. The average Bonchev–Trinajstić information content (AvgIpc) is 2.73. The van der Waals surface area contributed by atoms with Gasteiger partial charge in [0.25, 0.3) is 0 Å². The zero-order valence-corrected chi connectivity index (χ0v) is 16.0. The van der Waals surface area contributed by atoms with Gasteiger partial charge in [0, 0.05) is 38.4 Å². The zero-order valence-electron chi connectivity index (χ0n) is 16.0. The number of carbonyl (C=O) groups is 1. The first-order chi connectivity index (χ1) is 13.2. The van der Waals surface area contributed by atoms with Crippen molar-refractivity contribution in [2.45, 2.75) is 13.5 Å². The number of anilines is 1. The first kappa shape index (κ1) is 18.9. The Morgan fingerprint density at radius 1 is 0.963 bits per heavy atom. The molecule has 1 aliphatic rings. The Morgan fingerprint density at radius 2 is 1.59 bits per heavy atom. The van der Waals surface area contributed by atoms with E-state index in [0.717, 1.165) is 35.8 Å². The Hall–Kier alpha value is -2.89. The molecule has 0 aromatic heterocycles. The summed E-state index contributed by atoms with van der Waals surface area (Å²) in [6.07, 6.45) is 0. The van der Waals surface area contributed by atoms with Crippen LogP contribution < -0.4 is 19.7 Å². The van der Waals surface area contributed by atoms with E-state index in [1.807, 2.05) is 48.2 Å². The summed E-state index contributed by atoms with van der Waals surface area (Å²) in [5.74, 6) is 1.70. The van der Waals surface area contributed by atoms with Gasteiger partial charge in [-0.3, -0.25) is 0 Å². The Bertz CT molecular complexity index is 723. The molecule has 0 atom stereocenters. The summed E-state index contributed by atoms with van der Waals surface area (Å²) in [5, 5.41) is 2.99. The third kappa shape index (κ3) is 5.06. The number of piperazine rings is 1. The van der Waals surface area contributed by atoms with E-state index in [-0.39, 0.29) is 6.03 Å². The minimum absolute atomic E-state index is 0.0165. The van der Waals surface area contributed by atoms with E-state index in [1.54, 1.807) is 7.11 Å². The van der Waals surface area contributed by atoms with Gasteiger partial charge in [0.15, 0.2) is 0 Å². The van der Waals surface area contributed by atoms with Crippen LogP contribution in [-0.2, 0) is 6.54 Å². The first-order valence-electron chi connectivity index (χ1n) is 9.33. The largest absolute Gasteiger partial charge is 0.497 e. The van der Waals surface area contributed by atoms with Crippen molar-refractivity contribution in [3.63, 3.8) is 0 Å². The SMILES string of the molecule is CCOc1ccc(N2CCN(C(=O)NCc3ccc(OC)cc3)CC2)cc1. The Morgan fingerprint density at radius 3 is 2.19 bits per heavy atom. The van der Waals surface area contributed by atoms with Crippen molar-refractivity contribution >= 4 is 11.7 Å². The minimum atomic E-state index is -0.0165. The number of ether oxygens (including phenoxy) is 2.